The van der Waals surface area contributed by atoms with E-state index in [1.807, 2.05) is 0 Å². The summed E-state index contributed by atoms with van der Waals surface area (Å²) in [5, 5.41) is 15.6. The van der Waals surface area contributed by atoms with E-state index < -0.39 is 0 Å². The van der Waals surface area contributed by atoms with Gasteiger partial charge in [0.2, 0.25) is 0 Å². The highest BCUT2D eigenvalue weighted by atomic mass is 15.6. The molecule has 0 aromatic carbocycles. The number of nitrogens with zero attached hydrogens (tertiary/aromatic N) is 4. The Kier molecular flexibility index (Phi) is 4.32. The average molecular weight is 251 g/mol. The van der Waals surface area contributed by atoms with E-state index in [4.69, 9.17) is 0 Å². The third-order valence-electron chi connectivity index (χ3n) is 4.25. The minimum atomic E-state index is 0.458. The minimum Gasteiger partial charge on any atom is -0.308 e. The van der Waals surface area contributed by atoms with E-state index in [2.05, 4.69) is 53.2 Å². The van der Waals surface area contributed by atoms with Gasteiger partial charge in [-0.3, -0.25) is 0 Å². The summed E-state index contributed by atoms with van der Waals surface area (Å²) in [5.41, 5.74) is 0. The van der Waals surface area contributed by atoms with Crippen LogP contribution in [-0.2, 0) is 6.54 Å². The zero-order valence-corrected chi connectivity index (χ0v) is 11.9. The first-order valence-electron chi connectivity index (χ1n) is 7.13. The third kappa shape index (κ3) is 2.71. The van der Waals surface area contributed by atoms with E-state index in [9.17, 15) is 0 Å². The lowest BCUT2D eigenvalue weighted by atomic mass is 9.93. The molecular weight excluding hydrogens is 226 g/mol. The first-order valence-corrected chi connectivity index (χ1v) is 7.13. The van der Waals surface area contributed by atoms with Gasteiger partial charge in [0, 0.05) is 6.04 Å². The van der Waals surface area contributed by atoms with Gasteiger partial charge in [0.15, 0.2) is 5.82 Å². The van der Waals surface area contributed by atoms with E-state index in [-0.39, 0.29) is 0 Å². The summed E-state index contributed by atoms with van der Waals surface area (Å²) in [5.74, 6) is 2.47. The first-order chi connectivity index (χ1) is 8.63. The van der Waals surface area contributed by atoms with Crippen molar-refractivity contribution in [3.63, 3.8) is 0 Å². The van der Waals surface area contributed by atoms with Gasteiger partial charge in [-0.15, -0.1) is 5.10 Å². The Balaban J connectivity index is 2.07. The van der Waals surface area contributed by atoms with E-state index in [0.29, 0.717) is 18.0 Å². The zero-order valence-electron chi connectivity index (χ0n) is 11.9. The fourth-order valence-corrected chi connectivity index (χ4v) is 3.03. The van der Waals surface area contributed by atoms with Gasteiger partial charge >= 0.3 is 0 Å². The van der Waals surface area contributed by atoms with Gasteiger partial charge in [-0.25, -0.2) is 4.68 Å². The molecule has 0 amide bonds. The molecule has 0 aliphatic heterocycles. The number of rotatable bonds is 5. The largest absolute Gasteiger partial charge is 0.308 e. The van der Waals surface area contributed by atoms with Crippen molar-refractivity contribution in [1.29, 1.82) is 0 Å². The van der Waals surface area contributed by atoms with Crippen molar-refractivity contribution in [3.8, 4) is 0 Å². The Labute approximate surface area is 109 Å². The van der Waals surface area contributed by atoms with Crippen molar-refractivity contribution in [2.75, 3.05) is 0 Å². The molecule has 0 saturated heterocycles. The lowest BCUT2D eigenvalue weighted by Crippen LogP contribution is -2.26. The van der Waals surface area contributed by atoms with Crippen molar-refractivity contribution in [3.05, 3.63) is 5.82 Å². The highest BCUT2D eigenvalue weighted by Gasteiger charge is 2.34. The fourth-order valence-electron chi connectivity index (χ4n) is 3.03. The highest BCUT2D eigenvalue weighted by molar-refractivity contribution is 4.91. The van der Waals surface area contributed by atoms with Crippen LogP contribution in [0.5, 0.6) is 0 Å². The van der Waals surface area contributed by atoms with Crippen LogP contribution in [-0.4, -0.2) is 26.2 Å². The van der Waals surface area contributed by atoms with Crippen molar-refractivity contribution in [1.82, 2.24) is 25.5 Å². The molecule has 5 heteroatoms. The monoisotopic (exact) mass is 251 g/mol. The molecule has 1 fully saturated rings. The Bertz CT molecular complexity index is 373. The van der Waals surface area contributed by atoms with Crippen molar-refractivity contribution < 1.29 is 0 Å². The second kappa shape index (κ2) is 5.78. The quantitative estimate of drug-likeness (QED) is 0.871. The van der Waals surface area contributed by atoms with Crippen LogP contribution in [0.15, 0.2) is 0 Å². The lowest BCUT2D eigenvalue weighted by Gasteiger charge is -2.20. The van der Waals surface area contributed by atoms with Gasteiger partial charge < -0.3 is 5.32 Å². The Morgan fingerprint density at radius 1 is 1.39 bits per heavy atom. The maximum Gasteiger partial charge on any atom is 0.165 e. The molecule has 3 unspecified atom stereocenters. The van der Waals surface area contributed by atoms with Crippen LogP contribution >= 0.6 is 0 Å². The topological polar surface area (TPSA) is 55.6 Å². The van der Waals surface area contributed by atoms with E-state index in [1.54, 1.807) is 0 Å². The summed E-state index contributed by atoms with van der Waals surface area (Å²) in [6, 6.07) is 0.938. The standard InChI is InChI=1S/C13H25N5/c1-5-11-6-7-12(10(11)4)18-13(15-16-17-18)8-14-9(2)3/h9-12,14H,5-8H2,1-4H3. The second-order valence-corrected chi connectivity index (χ2v) is 5.75. The summed E-state index contributed by atoms with van der Waals surface area (Å²) in [7, 11) is 0. The summed E-state index contributed by atoms with van der Waals surface area (Å²) in [6.07, 6.45) is 3.78. The summed E-state index contributed by atoms with van der Waals surface area (Å²) in [6.45, 7) is 9.65. The van der Waals surface area contributed by atoms with Gasteiger partial charge in [-0.2, -0.15) is 0 Å². The maximum atomic E-state index is 4.21. The predicted molar refractivity (Wildman–Crippen MR) is 71.0 cm³/mol. The van der Waals surface area contributed by atoms with Crippen LogP contribution in [0.2, 0.25) is 0 Å². The van der Waals surface area contributed by atoms with Gasteiger partial charge in [-0.05, 0) is 35.1 Å². The van der Waals surface area contributed by atoms with Crippen LogP contribution in [0.25, 0.3) is 0 Å². The average Bonchev–Trinajstić information content (AvgIpc) is 2.92. The van der Waals surface area contributed by atoms with Gasteiger partial charge in [0.05, 0.1) is 12.6 Å². The SMILES string of the molecule is CCC1CCC(n2nnnc2CNC(C)C)C1C. The second-order valence-electron chi connectivity index (χ2n) is 5.75. The van der Waals surface area contributed by atoms with E-state index in [0.717, 1.165) is 18.3 Å². The highest BCUT2D eigenvalue weighted by Crippen LogP contribution is 2.41. The molecule has 18 heavy (non-hydrogen) atoms. The molecule has 1 aliphatic rings. The molecule has 1 heterocycles. The lowest BCUT2D eigenvalue weighted by molar-refractivity contribution is 0.300. The number of hydrogen-bond acceptors (Lipinski definition) is 4. The van der Waals surface area contributed by atoms with Gasteiger partial charge in [-0.1, -0.05) is 34.1 Å². The molecular formula is C13H25N5. The van der Waals surface area contributed by atoms with Crippen LogP contribution in [0.1, 0.15) is 58.8 Å². The molecule has 1 aromatic heterocycles. The summed E-state index contributed by atoms with van der Waals surface area (Å²) >= 11 is 0. The molecule has 1 saturated carbocycles. The Morgan fingerprint density at radius 2 is 2.17 bits per heavy atom. The number of hydrogen-bond donors (Lipinski definition) is 1. The van der Waals surface area contributed by atoms with Gasteiger partial charge in [0.25, 0.3) is 0 Å². The summed E-state index contributed by atoms with van der Waals surface area (Å²) < 4.78 is 2.05. The van der Waals surface area contributed by atoms with Crippen molar-refractivity contribution in [2.45, 2.75) is 65.6 Å². The van der Waals surface area contributed by atoms with Crippen molar-refractivity contribution >= 4 is 0 Å². The number of tetrazole rings is 1. The van der Waals surface area contributed by atoms with Crippen LogP contribution < -0.4 is 5.32 Å². The molecule has 3 atom stereocenters. The van der Waals surface area contributed by atoms with E-state index in [1.165, 1.54) is 19.3 Å². The predicted octanol–water partition coefficient (Wildman–Crippen LogP) is 2.17. The molecule has 1 aromatic rings. The van der Waals surface area contributed by atoms with Crippen molar-refractivity contribution in [2.24, 2.45) is 11.8 Å². The number of nitrogens with one attached hydrogen (secondary N) is 1. The molecule has 1 N–H and O–H groups in total. The normalized spacial score (nSPS) is 28.2. The smallest absolute Gasteiger partial charge is 0.165 e. The molecule has 0 radical (unpaired) electrons. The Morgan fingerprint density at radius 3 is 2.78 bits per heavy atom. The molecule has 5 nitrogen and oxygen atoms in total. The summed E-state index contributed by atoms with van der Waals surface area (Å²) in [4.78, 5) is 0. The number of aromatic nitrogens is 4. The van der Waals surface area contributed by atoms with Crippen LogP contribution in [0.3, 0.4) is 0 Å². The molecule has 0 spiro atoms. The third-order valence-corrected chi connectivity index (χ3v) is 4.25. The molecule has 0 bridgehead atoms. The molecule has 2 rings (SSSR count). The van der Waals surface area contributed by atoms with E-state index >= 15 is 0 Å². The first kappa shape index (κ1) is 13.5. The molecule has 102 valence electrons. The van der Waals surface area contributed by atoms with Crippen LogP contribution in [0.4, 0.5) is 0 Å². The van der Waals surface area contributed by atoms with Crippen LogP contribution in [0, 0.1) is 11.8 Å². The Hall–Kier alpha value is -0.970. The minimum absolute atomic E-state index is 0.458. The molecule has 1 aliphatic carbocycles. The fraction of sp³-hybridized carbons (Fsp3) is 0.923. The van der Waals surface area contributed by atoms with Gasteiger partial charge in [0.1, 0.15) is 0 Å². The maximum absolute atomic E-state index is 4.21. The zero-order chi connectivity index (χ0) is 13.1.